The van der Waals surface area contributed by atoms with E-state index >= 15 is 0 Å². The Balaban J connectivity index is 1.49. The molecule has 0 saturated heterocycles. The highest BCUT2D eigenvalue weighted by atomic mass is 32.2. The predicted molar refractivity (Wildman–Crippen MR) is 136 cm³/mol. The molecule has 0 radical (unpaired) electrons. The number of carboxylic acid groups (broad SMARTS) is 1. The molecule has 0 aliphatic rings. The smallest absolute Gasteiger partial charge is 0.329 e. The highest BCUT2D eigenvalue weighted by Gasteiger charge is 2.23. The molecule has 0 atom stereocenters. The highest BCUT2D eigenvalue weighted by molar-refractivity contribution is 7.90. The van der Waals surface area contributed by atoms with E-state index in [1.54, 1.807) is 0 Å². The maximum absolute atomic E-state index is 14.0. The molecular formula is C23H24F2N6O9S. The van der Waals surface area contributed by atoms with Crippen molar-refractivity contribution in [2.45, 2.75) is 4.90 Å². The van der Waals surface area contributed by atoms with Gasteiger partial charge in [-0.1, -0.05) is 6.07 Å². The maximum atomic E-state index is 14.0. The molecule has 0 spiro atoms. The molecule has 41 heavy (non-hydrogen) atoms. The van der Waals surface area contributed by atoms with Crippen LogP contribution in [0.25, 0.3) is 0 Å². The number of hydrogen-bond acceptors (Lipinski definition) is 12. The van der Waals surface area contributed by atoms with Crippen molar-refractivity contribution in [3.63, 3.8) is 0 Å². The Labute approximate surface area is 231 Å². The number of ether oxygens (including phenoxy) is 3. The number of hydrogen-bond donors (Lipinski definition) is 4. The molecule has 0 aliphatic carbocycles. The fourth-order valence-electron chi connectivity index (χ4n) is 3.08. The highest BCUT2D eigenvalue weighted by Crippen LogP contribution is 2.20. The molecule has 3 aromatic rings. The van der Waals surface area contributed by atoms with Crippen LogP contribution in [0.3, 0.4) is 0 Å². The zero-order chi connectivity index (χ0) is 30.0. The number of carbonyl (C=O) groups is 3. The number of aromatic nitrogens is 3. The number of anilines is 3. The fraction of sp³-hybridized carbons (Fsp3) is 0.261. The number of sulfonamides is 1. The van der Waals surface area contributed by atoms with Gasteiger partial charge in [-0.25, -0.2) is 26.7 Å². The van der Waals surface area contributed by atoms with E-state index in [1.807, 2.05) is 4.72 Å². The zero-order valence-electron chi connectivity index (χ0n) is 21.1. The monoisotopic (exact) mass is 598 g/mol. The summed E-state index contributed by atoms with van der Waals surface area (Å²) in [6, 6.07) is 7.84. The molecule has 0 fully saturated rings. The van der Waals surface area contributed by atoms with Crippen molar-refractivity contribution in [3.05, 3.63) is 59.7 Å². The lowest BCUT2D eigenvalue weighted by molar-refractivity contribution is -0.142. The van der Waals surface area contributed by atoms with Crippen molar-refractivity contribution < 1.29 is 50.9 Å². The molecular weight excluding hydrogens is 574 g/mol. The lowest BCUT2D eigenvalue weighted by atomic mass is 10.2. The van der Waals surface area contributed by atoms with E-state index in [2.05, 4.69) is 15.4 Å². The summed E-state index contributed by atoms with van der Waals surface area (Å²) in [5.74, 6) is -6.12. The predicted octanol–water partition coefficient (Wildman–Crippen LogP) is 0.510. The second kappa shape index (κ2) is 14.2. The number of aliphatic carboxylic acids is 1. The quantitative estimate of drug-likeness (QED) is 0.176. The number of nitrogens with one attached hydrogen (secondary N) is 2. The number of amides is 1. The molecule has 1 heterocycles. The number of carbonyl (C=O) groups excluding carboxylic acids is 2. The van der Waals surface area contributed by atoms with Gasteiger partial charge in [-0.05, 0) is 36.4 Å². The van der Waals surface area contributed by atoms with Crippen LogP contribution < -0.4 is 15.8 Å². The van der Waals surface area contributed by atoms with Crippen LogP contribution in [0.4, 0.5) is 26.4 Å². The van der Waals surface area contributed by atoms with Gasteiger partial charge < -0.3 is 30.4 Å². The second-order valence-corrected chi connectivity index (χ2v) is 9.58. The molecule has 220 valence electrons. The molecule has 0 saturated carbocycles. The standard InChI is InChI=1S/C23H24F2N6O9S/c24-16-2-1-3-17(25)20(16)21(35)31-22(26)28-23(29-31)27-14-4-6-15(7-5-14)41(36,37)30-18(32)12-39-10-8-38-9-11-40-13-19(33)34/h1-7H,8-13H2,(H,30,32)(H,33,34)(H3,26,27,28,29). The Morgan fingerprint density at radius 3 is 2.12 bits per heavy atom. The normalized spacial score (nSPS) is 11.3. The SMILES string of the molecule is Nc1nc(Nc2ccc(S(=O)(=O)NC(=O)COCCOCCOCC(=O)O)cc2)nn1C(=O)c1c(F)cccc1F. The van der Waals surface area contributed by atoms with E-state index in [0.717, 1.165) is 18.2 Å². The number of carboxylic acids is 1. The number of nitrogens with zero attached hydrogens (tertiary/aromatic N) is 3. The molecule has 18 heteroatoms. The summed E-state index contributed by atoms with van der Waals surface area (Å²) >= 11 is 0. The molecule has 5 N–H and O–H groups in total. The zero-order valence-corrected chi connectivity index (χ0v) is 21.9. The first-order chi connectivity index (χ1) is 19.5. The largest absolute Gasteiger partial charge is 0.480 e. The van der Waals surface area contributed by atoms with Crippen LogP contribution in [0, 0.1) is 11.6 Å². The number of halogens is 2. The van der Waals surface area contributed by atoms with Crippen LogP contribution in [-0.2, 0) is 33.8 Å². The summed E-state index contributed by atoms with van der Waals surface area (Å²) in [6.07, 6.45) is 0. The van der Waals surface area contributed by atoms with Crippen molar-refractivity contribution in [2.24, 2.45) is 0 Å². The minimum Gasteiger partial charge on any atom is -0.480 e. The Kier molecular flexibility index (Phi) is 10.8. The van der Waals surface area contributed by atoms with Crippen molar-refractivity contribution in [3.8, 4) is 0 Å². The van der Waals surface area contributed by atoms with E-state index in [1.165, 1.54) is 24.3 Å². The average Bonchev–Trinajstić information content (AvgIpc) is 3.27. The first-order valence-corrected chi connectivity index (χ1v) is 13.0. The first kappa shape index (κ1) is 31.0. The molecule has 1 amide bonds. The van der Waals surface area contributed by atoms with Crippen molar-refractivity contribution in [2.75, 3.05) is 50.7 Å². The van der Waals surface area contributed by atoms with Crippen LogP contribution in [-0.4, -0.2) is 85.7 Å². The van der Waals surface area contributed by atoms with E-state index in [0.29, 0.717) is 4.68 Å². The molecule has 2 aromatic carbocycles. The van der Waals surface area contributed by atoms with Gasteiger partial charge in [0.05, 0.1) is 31.3 Å². The van der Waals surface area contributed by atoms with Gasteiger partial charge in [0.25, 0.3) is 21.8 Å². The number of rotatable bonds is 15. The fourth-order valence-corrected chi connectivity index (χ4v) is 4.05. The Hall–Kier alpha value is -4.52. The third kappa shape index (κ3) is 9.00. The van der Waals surface area contributed by atoms with E-state index < -0.39 is 64.2 Å². The van der Waals surface area contributed by atoms with Crippen LogP contribution in [0.1, 0.15) is 10.4 Å². The Morgan fingerprint density at radius 1 is 0.927 bits per heavy atom. The third-order valence-electron chi connectivity index (χ3n) is 4.87. The minimum atomic E-state index is -4.24. The minimum absolute atomic E-state index is 0.0259. The number of nitrogen functional groups attached to an aromatic ring is 1. The molecule has 0 unspecified atom stereocenters. The number of nitrogens with two attached hydrogens (primary N) is 1. The number of benzene rings is 2. The lowest BCUT2D eigenvalue weighted by Crippen LogP contribution is -2.33. The van der Waals surface area contributed by atoms with Gasteiger partial charge in [0.2, 0.25) is 11.9 Å². The topological polar surface area (TPSA) is 214 Å². The van der Waals surface area contributed by atoms with Crippen LogP contribution in [0.2, 0.25) is 0 Å². The lowest BCUT2D eigenvalue weighted by Gasteiger charge is -2.09. The van der Waals surface area contributed by atoms with Gasteiger partial charge in [-0.2, -0.15) is 9.67 Å². The summed E-state index contributed by atoms with van der Waals surface area (Å²) in [4.78, 5) is 38.3. The van der Waals surface area contributed by atoms with Gasteiger partial charge in [0.1, 0.15) is 30.4 Å². The van der Waals surface area contributed by atoms with Crippen LogP contribution in [0.5, 0.6) is 0 Å². The summed E-state index contributed by atoms with van der Waals surface area (Å²) in [5, 5.41) is 14.9. The molecule has 0 bridgehead atoms. The van der Waals surface area contributed by atoms with Crippen LogP contribution in [0.15, 0.2) is 47.4 Å². The van der Waals surface area contributed by atoms with E-state index in [4.69, 9.17) is 25.1 Å². The van der Waals surface area contributed by atoms with Gasteiger partial charge in [-0.15, -0.1) is 5.10 Å². The van der Waals surface area contributed by atoms with Gasteiger partial charge in [-0.3, -0.25) is 9.59 Å². The average molecular weight is 599 g/mol. The second-order valence-electron chi connectivity index (χ2n) is 7.90. The van der Waals surface area contributed by atoms with Crippen molar-refractivity contribution >= 4 is 45.4 Å². The third-order valence-corrected chi connectivity index (χ3v) is 6.26. The Morgan fingerprint density at radius 2 is 1.51 bits per heavy atom. The molecule has 1 aromatic heterocycles. The van der Waals surface area contributed by atoms with Gasteiger partial charge >= 0.3 is 5.97 Å². The Bertz CT molecular complexity index is 1480. The van der Waals surface area contributed by atoms with Gasteiger partial charge in [0, 0.05) is 5.69 Å². The summed E-state index contributed by atoms with van der Waals surface area (Å²) in [5.41, 5.74) is 5.06. The van der Waals surface area contributed by atoms with E-state index in [9.17, 15) is 31.6 Å². The first-order valence-electron chi connectivity index (χ1n) is 11.6. The van der Waals surface area contributed by atoms with Crippen molar-refractivity contribution in [1.82, 2.24) is 19.5 Å². The maximum Gasteiger partial charge on any atom is 0.329 e. The summed E-state index contributed by atoms with van der Waals surface area (Å²) in [7, 11) is -4.24. The summed E-state index contributed by atoms with van der Waals surface area (Å²) < 4.78 is 70.1. The van der Waals surface area contributed by atoms with Gasteiger partial charge in [0.15, 0.2) is 0 Å². The summed E-state index contributed by atoms with van der Waals surface area (Å²) in [6.45, 7) is -0.805. The molecule has 15 nitrogen and oxygen atoms in total. The molecule has 3 rings (SSSR count). The van der Waals surface area contributed by atoms with Crippen molar-refractivity contribution in [1.29, 1.82) is 0 Å². The van der Waals surface area contributed by atoms with E-state index in [-0.39, 0.29) is 43.0 Å². The molecule has 0 aliphatic heterocycles. The van der Waals surface area contributed by atoms with Crippen LogP contribution >= 0.6 is 0 Å².